The first-order valence-electron chi connectivity index (χ1n) is 5.81. The number of hydrogen-bond donors (Lipinski definition) is 1. The molecule has 18 heavy (non-hydrogen) atoms. The molecule has 0 amide bonds. The fraction of sp³-hybridized carbons (Fsp3) is 0.308. The average molecular weight is 327 g/mol. The molecule has 0 fully saturated rings. The molecule has 5 heteroatoms. The van der Waals surface area contributed by atoms with Crippen molar-refractivity contribution in [3.8, 4) is 0 Å². The van der Waals surface area contributed by atoms with Gasteiger partial charge in [-0.2, -0.15) is 0 Å². The minimum absolute atomic E-state index is 0.296. The van der Waals surface area contributed by atoms with Crippen molar-refractivity contribution in [2.45, 2.75) is 30.0 Å². The van der Waals surface area contributed by atoms with E-state index >= 15 is 0 Å². The normalized spacial score (nSPS) is 12.6. The molecular formula is C13H15BrN2OS. The fourth-order valence-corrected chi connectivity index (χ4v) is 3.00. The third kappa shape index (κ3) is 3.37. The quantitative estimate of drug-likeness (QED) is 0.890. The average Bonchev–Trinajstić information content (AvgIpc) is 2.84. The van der Waals surface area contributed by atoms with Gasteiger partial charge in [-0.05, 0) is 49.0 Å². The first-order chi connectivity index (χ1) is 8.70. The van der Waals surface area contributed by atoms with Crippen molar-refractivity contribution in [3.05, 3.63) is 40.7 Å². The minimum atomic E-state index is 0.296. The molecule has 0 spiro atoms. The Balaban J connectivity index is 2.28. The van der Waals surface area contributed by atoms with Gasteiger partial charge in [-0.1, -0.05) is 22.9 Å². The number of halogens is 1. The first kappa shape index (κ1) is 13.6. The Morgan fingerprint density at radius 1 is 1.50 bits per heavy atom. The number of nitrogens with zero attached hydrogens (tertiary/aromatic N) is 1. The van der Waals surface area contributed by atoms with Gasteiger partial charge in [0.15, 0.2) is 0 Å². The van der Waals surface area contributed by atoms with E-state index in [1.165, 1.54) is 5.56 Å². The molecule has 1 unspecified atom stereocenters. The molecule has 0 saturated heterocycles. The van der Waals surface area contributed by atoms with Crippen molar-refractivity contribution in [2.75, 3.05) is 6.54 Å². The van der Waals surface area contributed by atoms with E-state index in [-0.39, 0.29) is 0 Å². The fourth-order valence-electron chi connectivity index (χ4n) is 1.72. The highest BCUT2D eigenvalue weighted by Gasteiger charge is 2.13. The van der Waals surface area contributed by atoms with E-state index in [1.807, 2.05) is 6.07 Å². The highest BCUT2D eigenvalue weighted by molar-refractivity contribution is 9.10. The van der Waals surface area contributed by atoms with Crippen molar-refractivity contribution in [1.82, 2.24) is 10.3 Å². The molecule has 1 atom stereocenters. The molecule has 96 valence electrons. The number of nitrogens with one attached hydrogen (secondary N) is 1. The van der Waals surface area contributed by atoms with Crippen LogP contribution in [0.4, 0.5) is 0 Å². The van der Waals surface area contributed by atoms with Crippen molar-refractivity contribution in [3.63, 3.8) is 0 Å². The van der Waals surface area contributed by atoms with Crippen molar-refractivity contribution in [2.24, 2.45) is 0 Å². The van der Waals surface area contributed by atoms with Gasteiger partial charge in [-0.25, -0.2) is 4.98 Å². The third-order valence-electron chi connectivity index (χ3n) is 2.56. The Hall–Kier alpha value is -0.780. The van der Waals surface area contributed by atoms with E-state index in [4.69, 9.17) is 4.42 Å². The Morgan fingerprint density at radius 2 is 2.33 bits per heavy atom. The van der Waals surface area contributed by atoms with E-state index in [2.05, 4.69) is 52.2 Å². The van der Waals surface area contributed by atoms with Gasteiger partial charge in [0.05, 0.1) is 6.20 Å². The van der Waals surface area contributed by atoms with Crippen LogP contribution in [0.3, 0.4) is 0 Å². The number of rotatable bonds is 5. The molecule has 2 rings (SSSR count). The smallest absolute Gasteiger partial charge is 0.260 e. The Kier molecular flexibility index (Phi) is 4.86. The summed E-state index contributed by atoms with van der Waals surface area (Å²) in [5.74, 6) is 0. The second-order valence-electron chi connectivity index (χ2n) is 3.86. The molecule has 0 aliphatic rings. The summed E-state index contributed by atoms with van der Waals surface area (Å²) in [5, 5.41) is 4.09. The predicted molar refractivity (Wildman–Crippen MR) is 76.9 cm³/mol. The molecule has 2 aromatic rings. The van der Waals surface area contributed by atoms with Gasteiger partial charge in [0, 0.05) is 15.4 Å². The van der Waals surface area contributed by atoms with Crippen LogP contribution in [-0.4, -0.2) is 11.5 Å². The maximum absolute atomic E-state index is 5.28. The van der Waals surface area contributed by atoms with Crippen LogP contribution in [0.15, 0.2) is 49.7 Å². The van der Waals surface area contributed by atoms with Gasteiger partial charge in [-0.15, -0.1) is 0 Å². The highest BCUT2D eigenvalue weighted by atomic mass is 79.9. The van der Waals surface area contributed by atoms with Crippen molar-refractivity contribution in [1.29, 1.82) is 0 Å². The molecule has 0 bridgehead atoms. The Bertz CT molecular complexity index is 502. The van der Waals surface area contributed by atoms with Crippen LogP contribution >= 0.6 is 27.7 Å². The van der Waals surface area contributed by atoms with Gasteiger partial charge in [0.2, 0.25) is 0 Å². The SMILES string of the molecule is CCNC(C)c1cc(Br)ccc1Sc1ncco1. The second-order valence-corrected chi connectivity index (χ2v) is 5.77. The minimum Gasteiger partial charge on any atom is -0.440 e. The zero-order chi connectivity index (χ0) is 13.0. The molecule has 1 heterocycles. The molecule has 1 aromatic heterocycles. The van der Waals surface area contributed by atoms with Crippen LogP contribution in [0.25, 0.3) is 0 Å². The summed E-state index contributed by atoms with van der Waals surface area (Å²) in [6, 6.07) is 6.55. The third-order valence-corrected chi connectivity index (χ3v) is 4.02. The maximum Gasteiger partial charge on any atom is 0.260 e. The largest absolute Gasteiger partial charge is 0.440 e. The molecular weight excluding hydrogens is 312 g/mol. The van der Waals surface area contributed by atoms with Crippen molar-refractivity contribution < 1.29 is 4.42 Å². The van der Waals surface area contributed by atoms with Crippen LogP contribution in [-0.2, 0) is 0 Å². The zero-order valence-corrected chi connectivity index (χ0v) is 12.7. The number of benzene rings is 1. The zero-order valence-electron chi connectivity index (χ0n) is 10.3. The Morgan fingerprint density at radius 3 is 3.00 bits per heavy atom. The lowest BCUT2D eigenvalue weighted by molar-refractivity contribution is 0.454. The molecule has 3 nitrogen and oxygen atoms in total. The van der Waals surface area contributed by atoms with E-state index in [1.54, 1.807) is 24.2 Å². The lowest BCUT2D eigenvalue weighted by Crippen LogP contribution is -2.18. The van der Waals surface area contributed by atoms with Gasteiger partial charge in [0.1, 0.15) is 6.26 Å². The highest BCUT2D eigenvalue weighted by Crippen LogP contribution is 2.34. The maximum atomic E-state index is 5.28. The van der Waals surface area contributed by atoms with Crippen LogP contribution in [0, 0.1) is 0 Å². The van der Waals surface area contributed by atoms with Crippen LogP contribution in [0.5, 0.6) is 0 Å². The van der Waals surface area contributed by atoms with Crippen LogP contribution < -0.4 is 5.32 Å². The summed E-state index contributed by atoms with van der Waals surface area (Å²) in [4.78, 5) is 5.31. The van der Waals surface area contributed by atoms with E-state index in [9.17, 15) is 0 Å². The standard InChI is InChI=1S/C13H15BrN2OS/c1-3-15-9(2)11-8-10(14)4-5-12(11)18-13-16-6-7-17-13/h4-9,15H,3H2,1-2H3. The van der Waals surface area contributed by atoms with Gasteiger partial charge >= 0.3 is 0 Å². The molecule has 0 saturated carbocycles. The lowest BCUT2D eigenvalue weighted by atomic mass is 10.1. The summed E-state index contributed by atoms with van der Waals surface area (Å²) in [7, 11) is 0. The summed E-state index contributed by atoms with van der Waals surface area (Å²) < 4.78 is 6.36. The Labute approximate surface area is 120 Å². The molecule has 1 N–H and O–H groups in total. The van der Waals surface area contributed by atoms with E-state index in [0.29, 0.717) is 11.3 Å². The van der Waals surface area contributed by atoms with Gasteiger partial charge in [-0.3, -0.25) is 0 Å². The first-order valence-corrected chi connectivity index (χ1v) is 7.42. The number of hydrogen-bond acceptors (Lipinski definition) is 4. The molecule has 1 aromatic carbocycles. The van der Waals surface area contributed by atoms with Gasteiger partial charge in [0.25, 0.3) is 5.22 Å². The number of aromatic nitrogens is 1. The van der Waals surface area contributed by atoms with Crippen molar-refractivity contribution >= 4 is 27.7 Å². The summed E-state index contributed by atoms with van der Waals surface area (Å²) >= 11 is 5.06. The summed E-state index contributed by atoms with van der Waals surface area (Å²) in [6.07, 6.45) is 3.25. The predicted octanol–water partition coefficient (Wildman–Crippen LogP) is 4.26. The summed E-state index contributed by atoms with van der Waals surface area (Å²) in [5.41, 5.74) is 1.24. The number of oxazole rings is 1. The topological polar surface area (TPSA) is 38.1 Å². The lowest BCUT2D eigenvalue weighted by Gasteiger charge is -2.16. The molecule has 0 aliphatic carbocycles. The summed E-state index contributed by atoms with van der Waals surface area (Å²) in [6.45, 7) is 5.21. The molecule has 0 radical (unpaired) electrons. The van der Waals surface area contributed by atoms with Gasteiger partial charge < -0.3 is 9.73 Å². The van der Waals surface area contributed by atoms with E-state index in [0.717, 1.165) is 15.9 Å². The van der Waals surface area contributed by atoms with Crippen LogP contribution in [0.2, 0.25) is 0 Å². The van der Waals surface area contributed by atoms with E-state index < -0.39 is 0 Å². The van der Waals surface area contributed by atoms with Crippen LogP contribution in [0.1, 0.15) is 25.5 Å². The monoisotopic (exact) mass is 326 g/mol. The second kappa shape index (κ2) is 6.41. The molecule has 0 aliphatic heterocycles.